The molecule has 0 spiro atoms. The molecule has 1 atom stereocenters. The van der Waals surface area contributed by atoms with E-state index in [0.29, 0.717) is 6.42 Å². The van der Waals surface area contributed by atoms with Gasteiger partial charge < -0.3 is 5.32 Å². The first kappa shape index (κ1) is 17.7. The third-order valence-corrected chi connectivity index (χ3v) is 6.97. The van der Waals surface area contributed by atoms with E-state index in [1.54, 1.807) is 0 Å². The summed E-state index contributed by atoms with van der Waals surface area (Å²) in [6.07, 6.45) is 8.87. The van der Waals surface area contributed by atoms with Crippen LogP contribution in [0.3, 0.4) is 0 Å². The van der Waals surface area contributed by atoms with Gasteiger partial charge in [0.15, 0.2) is 0 Å². The van der Waals surface area contributed by atoms with E-state index >= 15 is 0 Å². The highest BCUT2D eigenvalue weighted by Gasteiger charge is 2.15. The average Bonchev–Trinajstić information content (AvgIpc) is 3.06. The first-order chi connectivity index (χ1) is 10.8. The summed E-state index contributed by atoms with van der Waals surface area (Å²) in [4.78, 5) is 11.8. The van der Waals surface area contributed by atoms with Gasteiger partial charge in [0.2, 0.25) is 5.91 Å². The lowest BCUT2D eigenvalue weighted by molar-refractivity contribution is -0.121. The Kier molecular flexibility index (Phi) is 8.88. The number of hydrogen-bond donors (Lipinski definition) is 1. The summed E-state index contributed by atoms with van der Waals surface area (Å²) in [6.45, 7) is 0.820. The van der Waals surface area contributed by atoms with Crippen LogP contribution in [0.15, 0.2) is 30.3 Å². The van der Waals surface area contributed by atoms with E-state index in [2.05, 4.69) is 29.6 Å². The molecule has 22 heavy (non-hydrogen) atoms. The molecule has 122 valence electrons. The van der Waals surface area contributed by atoms with Gasteiger partial charge in [0, 0.05) is 24.0 Å². The van der Waals surface area contributed by atoms with Crippen LogP contribution in [-0.2, 0) is 11.2 Å². The lowest BCUT2D eigenvalue weighted by atomic mass is 10.1. The molecule has 1 amide bonds. The van der Waals surface area contributed by atoms with E-state index in [4.69, 9.17) is 0 Å². The molecule has 4 heteroatoms. The van der Waals surface area contributed by atoms with Gasteiger partial charge in [0.25, 0.3) is 0 Å². The van der Waals surface area contributed by atoms with Crippen LogP contribution in [0.4, 0.5) is 0 Å². The largest absolute Gasteiger partial charge is 0.356 e. The molecule has 1 heterocycles. The van der Waals surface area contributed by atoms with Crippen molar-refractivity contribution in [2.24, 2.45) is 0 Å². The lowest BCUT2D eigenvalue weighted by Gasteiger charge is -2.07. The molecule has 1 N–H and O–H groups in total. The minimum absolute atomic E-state index is 0.230. The molecular formula is C18H27NOS2. The second-order valence-corrected chi connectivity index (χ2v) is 8.65. The Morgan fingerprint density at radius 2 is 2.00 bits per heavy atom. The zero-order valence-electron chi connectivity index (χ0n) is 13.3. The second kappa shape index (κ2) is 11.0. The summed E-state index contributed by atoms with van der Waals surface area (Å²) in [5.74, 6) is 1.53. The fourth-order valence-corrected chi connectivity index (χ4v) is 5.66. The molecule has 1 fully saturated rings. The highest BCUT2D eigenvalue weighted by molar-refractivity contribution is 8.77. The van der Waals surface area contributed by atoms with E-state index in [0.717, 1.165) is 37.5 Å². The van der Waals surface area contributed by atoms with Crippen molar-refractivity contribution in [1.29, 1.82) is 0 Å². The number of aryl methyl sites for hydroxylation is 1. The third kappa shape index (κ3) is 7.59. The zero-order valence-corrected chi connectivity index (χ0v) is 14.9. The molecule has 0 radical (unpaired) electrons. The molecule has 1 aliphatic heterocycles. The van der Waals surface area contributed by atoms with Crippen molar-refractivity contribution >= 4 is 27.5 Å². The van der Waals surface area contributed by atoms with Gasteiger partial charge in [0.1, 0.15) is 0 Å². The predicted molar refractivity (Wildman–Crippen MR) is 99.3 cm³/mol. The zero-order chi connectivity index (χ0) is 15.5. The summed E-state index contributed by atoms with van der Waals surface area (Å²) < 4.78 is 0. The first-order valence-corrected chi connectivity index (χ1v) is 10.8. The summed E-state index contributed by atoms with van der Waals surface area (Å²) in [5, 5.41) is 3.89. The number of carbonyl (C=O) groups excluding carboxylic acids is 1. The number of unbranched alkanes of at least 4 members (excludes halogenated alkanes) is 2. The van der Waals surface area contributed by atoms with E-state index in [1.165, 1.54) is 30.6 Å². The maximum absolute atomic E-state index is 11.8. The number of nitrogens with one attached hydrogen (secondary N) is 1. The molecule has 1 aliphatic rings. The van der Waals surface area contributed by atoms with Crippen LogP contribution in [-0.4, -0.2) is 23.5 Å². The fourth-order valence-electron chi connectivity index (χ4n) is 2.64. The maximum Gasteiger partial charge on any atom is 0.219 e. The van der Waals surface area contributed by atoms with E-state index < -0.39 is 0 Å². The highest BCUT2D eigenvalue weighted by Crippen LogP contribution is 2.39. The van der Waals surface area contributed by atoms with Gasteiger partial charge in [-0.1, -0.05) is 58.3 Å². The molecule has 0 aromatic heterocycles. The Morgan fingerprint density at radius 1 is 1.14 bits per heavy atom. The van der Waals surface area contributed by atoms with Crippen molar-refractivity contribution < 1.29 is 4.79 Å². The summed E-state index contributed by atoms with van der Waals surface area (Å²) in [5.41, 5.74) is 1.39. The SMILES string of the molecule is O=C(CCCCC1CCSS1)NCCCCc1ccccc1. The summed E-state index contributed by atoms with van der Waals surface area (Å²) in [6, 6.07) is 10.5. The summed E-state index contributed by atoms with van der Waals surface area (Å²) in [7, 11) is 4.03. The molecule has 1 aromatic rings. The Balaban J connectivity index is 1.40. The van der Waals surface area contributed by atoms with Gasteiger partial charge in [-0.25, -0.2) is 0 Å². The Hall–Kier alpha value is -0.610. The standard InChI is InChI=1S/C18H27NOS2/c20-18(12-5-4-11-17-13-15-21-22-17)19-14-7-6-10-16-8-2-1-3-9-16/h1-3,8-9,17H,4-7,10-15H2,(H,19,20). The lowest BCUT2D eigenvalue weighted by Crippen LogP contribution is -2.24. The van der Waals surface area contributed by atoms with Gasteiger partial charge >= 0.3 is 0 Å². The van der Waals surface area contributed by atoms with Gasteiger partial charge in [-0.3, -0.25) is 4.79 Å². The van der Waals surface area contributed by atoms with Gasteiger partial charge in [-0.05, 0) is 44.1 Å². The van der Waals surface area contributed by atoms with Crippen LogP contribution < -0.4 is 5.32 Å². The maximum atomic E-state index is 11.8. The first-order valence-electron chi connectivity index (χ1n) is 8.43. The van der Waals surface area contributed by atoms with Crippen LogP contribution in [0, 0.1) is 0 Å². The van der Waals surface area contributed by atoms with Crippen molar-refractivity contribution in [3.8, 4) is 0 Å². The highest BCUT2D eigenvalue weighted by atomic mass is 33.1. The number of carbonyl (C=O) groups is 1. The molecule has 1 unspecified atom stereocenters. The van der Waals surface area contributed by atoms with Crippen molar-refractivity contribution in [2.75, 3.05) is 12.3 Å². The molecular weight excluding hydrogens is 310 g/mol. The van der Waals surface area contributed by atoms with Crippen molar-refractivity contribution in [3.63, 3.8) is 0 Å². The quantitative estimate of drug-likeness (QED) is 0.489. The van der Waals surface area contributed by atoms with Crippen LogP contribution in [0.2, 0.25) is 0 Å². The summed E-state index contributed by atoms with van der Waals surface area (Å²) >= 11 is 0. The van der Waals surface area contributed by atoms with Crippen LogP contribution in [0.5, 0.6) is 0 Å². The van der Waals surface area contributed by atoms with Gasteiger partial charge in [0.05, 0.1) is 0 Å². The van der Waals surface area contributed by atoms with Crippen LogP contribution in [0.1, 0.15) is 50.5 Å². The smallest absolute Gasteiger partial charge is 0.219 e. The van der Waals surface area contributed by atoms with E-state index in [9.17, 15) is 4.79 Å². The minimum Gasteiger partial charge on any atom is -0.356 e. The molecule has 0 bridgehead atoms. The van der Waals surface area contributed by atoms with Crippen molar-refractivity contribution in [2.45, 2.75) is 56.6 Å². The Morgan fingerprint density at radius 3 is 2.77 bits per heavy atom. The minimum atomic E-state index is 0.230. The average molecular weight is 338 g/mol. The second-order valence-electron chi connectivity index (χ2n) is 5.87. The Bertz CT molecular complexity index is 418. The van der Waals surface area contributed by atoms with Gasteiger partial charge in [-0.15, -0.1) is 0 Å². The molecule has 0 aliphatic carbocycles. The third-order valence-electron chi connectivity index (χ3n) is 3.96. The normalized spacial score (nSPS) is 17.5. The number of hydrogen-bond acceptors (Lipinski definition) is 3. The number of rotatable bonds is 10. The molecule has 2 nitrogen and oxygen atoms in total. The monoisotopic (exact) mass is 337 g/mol. The van der Waals surface area contributed by atoms with Crippen LogP contribution in [0.25, 0.3) is 0 Å². The molecule has 0 saturated carbocycles. The molecule has 1 aromatic carbocycles. The van der Waals surface area contributed by atoms with E-state index in [-0.39, 0.29) is 5.91 Å². The number of benzene rings is 1. The topological polar surface area (TPSA) is 29.1 Å². The molecule has 2 rings (SSSR count). The van der Waals surface area contributed by atoms with Crippen molar-refractivity contribution in [1.82, 2.24) is 5.32 Å². The van der Waals surface area contributed by atoms with Crippen LogP contribution >= 0.6 is 21.6 Å². The van der Waals surface area contributed by atoms with Gasteiger partial charge in [-0.2, -0.15) is 0 Å². The van der Waals surface area contributed by atoms with E-state index in [1.807, 2.05) is 27.7 Å². The Labute approximate surface area is 142 Å². The van der Waals surface area contributed by atoms with Crippen molar-refractivity contribution in [3.05, 3.63) is 35.9 Å². The molecule has 1 saturated heterocycles. The number of amides is 1. The fraction of sp³-hybridized carbons (Fsp3) is 0.611. The predicted octanol–water partition coefficient (Wildman–Crippen LogP) is 4.84.